The molecule has 0 spiro atoms. The molecular formula is C44H60NP2. The Hall–Kier alpha value is -2.30. The molecule has 4 aromatic rings. The minimum absolute atomic E-state index is 0.172. The van der Waals surface area contributed by atoms with Crippen LogP contribution < -0.4 is 26.1 Å². The second-order valence-electron chi connectivity index (χ2n) is 18.2. The van der Waals surface area contributed by atoms with E-state index in [1.54, 1.807) is 0 Å². The Morgan fingerprint density at radius 1 is 0.340 bits per heavy atom. The largest absolute Gasteiger partial charge is 0.173 e. The molecule has 4 rings (SSSR count). The first-order valence-electron chi connectivity index (χ1n) is 17.4. The van der Waals surface area contributed by atoms with E-state index in [1.807, 2.05) is 0 Å². The van der Waals surface area contributed by atoms with Gasteiger partial charge >= 0.3 is 0 Å². The maximum absolute atomic E-state index is 6.25. The second-order valence-corrected chi connectivity index (χ2v) is 22.1. The summed E-state index contributed by atoms with van der Waals surface area (Å²) in [7, 11) is -2.04. The molecule has 1 nitrogen and oxygen atoms in total. The highest BCUT2D eigenvalue weighted by Crippen LogP contribution is 2.48. The molecule has 47 heavy (non-hydrogen) atoms. The van der Waals surface area contributed by atoms with E-state index in [9.17, 15) is 0 Å². The van der Waals surface area contributed by atoms with Crippen LogP contribution in [0.5, 0.6) is 0 Å². The topological polar surface area (TPSA) is 14.1 Å². The van der Waals surface area contributed by atoms with Crippen molar-refractivity contribution < 1.29 is 0 Å². The van der Waals surface area contributed by atoms with Gasteiger partial charge in [0, 0.05) is 0 Å². The molecule has 4 aromatic carbocycles. The van der Waals surface area contributed by atoms with Crippen LogP contribution in [0.2, 0.25) is 0 Å². The molecular weight excluding hydrogens is 604 g/mol. The van der Waals surface area contributed by atoms with Crippen molar-refractivity contribution in [2.45, 2.75) is 109 Å². The predicted molar refractivity (Wildman–Crippen MR) is 213 cm³/mol. The zero-order chi connectivity index (χ0) is 34.6. The first kappa shape index (κ1) is 37.5. The summed E-state index contributed by atoms with van der Waals surface area (Å²) in [5, 5.41) is 5.64. The standard InChI is InChI=1S/C44H60NP2/c1-41(2,3)29-33-21-13-17-25-37(33)46(38-26-18-14-22-34(38)30-42(4,5)6)45-47(39-27-19-15-23-35(39)31-43(7,8)9)40-28-20-16-24-36(40)32-44(10,11)12/h13-28H,29-32H2,1-12H3. The molecule has 0 aliphatic carbocycles. The Morgan fingerprint density at radius 3 is 0.723 bits per heavy atom. The molecule has 0 heterocycles. The minimum Gasteiger partial charge on any atom is -0.173 e. The van der Waals surface area contributed by atoms with Crippen LogP contribution in [0, 0.1) is 21.7 Å². The molecule has 0 aliphatic rings. The van der Waals surface area contributed by atoms with Gasteiger partial charge in [-0.15, -0.1) is 0 Å². The van der Waals surface area contributed by atoms with Crippen molar-refractivity contribution >= 4 is 37.4 Å². The normalized spacial score (nSPS) is 13.1. The number of benzene rings is 4. The molecule has 0 amide bonds. The number of nitrogens with zero attached hydrogens (tertiary/aromatic N) is 1. The Kier molecular flexibility index (Phi) is 12.0. The van der Waals surface area contributed by atoms with Gasteiger partial charge in [-0.05, 0) is 90.8 Å². The lowest BCUT2D eigenvalue weighted by molar-refractivity contribution is 0.411. The van der Waals surface area contributed by atoms with Crippen LogP contribution in [0.1, 0.15) is 105 Å². The lowest BCUT2D eigenvalue weighted by atomic mass is 9.88. The highest BCUT2D eigenvalue weighted by molar-refractivity contribution is 7.85. The molecule has 1 radical (unpaired) electrons. The minimum atomic E-state index is -1.02. The van der Waals surface area contributed by atoms with E-state index in [1.165, 1.54) is 43.5 Å². The zero-order valence-corrected chi connectivity index (χ0v) is 33.2. The van der Waals surface area contributed by atoms with Crippen molar-refractivity contribution in [3.63, 3.8) is 0 Å². The van der Waals surface area contributed by atoms with Crippen molar-refractivity contribution in [1.29, 1.82) is 0 Å². The number of rotatable bonds is 10. The van der Waals surface area contributed by atoms with Crippen molar-refractivity contribution in [3.05, 3.63) is 119 Å². The first-order valence-corrected chi connectivity index (χ1v) is 20.0. The number of hydrogen-bond acceptors (Lipinski definition) is 0. The summed E-state index contributed by atoms with van der Waals surface area (Å²) in [5.41, 5.74) is 6.42. The van der Waals surface area contributed by atoms with E-state index in [-0.39, 0.29) is 21.7 Å². The van der Waals surface area contributed by atoms with Crippen molar-refractivity contribution in [2.24, 2.45) is 21.7 Å². The highest BCUT2D eigenvalue weighted by Gasteiger charge is 2.32. The van der Waals surface area contributed by atoms with Gasteiger partial charge in [-0.25, -0.2) is 0 Å². The molecule has 0 saturated carbocycles. The van der Waals surface area contributed by atoms with E-state index >= 15 is 0 Å². The average Bonchev–Trinajstić information content (AvgIpc) is 2.93. The molecule has 0 aliphatic heterocycles. The van der Waals surface area contributed by atoms with Gasteiger partial charge in [0.25, 0.3) is 0 Å². The van der Waals surface area contributed by atoms with Gasteiger partial charge in [0.15, 0.2) is 0 Å². The summed E-state index contributed by atoms with van der Waals surface area (Å²) in [4.78, 5) is 6.25. The highest BCUT2D eigenvalue weighted by atomic mass is 31.2. The molecule has 0 N–H and O–H groups in total. The maximum atomic E-state index is 6.25. The summed E-state index contributed by atoms with van der Waals surface area (Å²) >= 11 is 0. The Balaban J connectivity index is 2.03. The third-order valence-corrected chi connectivity index (χ3v) is 12.9. The quantitative estimate of drug-likeness (QED) is 0.150. The summed E-state index contributed by atoms with van der Waals surface area (Å²) in [6, 6.07) is 36.8. The average molecular weight is 665 g/mol. The molecule has 0 aromatic heterocycles. The predicted octanol–water partition coefficient (Wildman–Crippen LogP) is 11.0. The van der Waals surface area contributed by atoms with Crippen molar-refractivity contribution in [2.75, 3.05) is 0 Å². The van der Waals surface area contributed by atoms with Crippen molar-refractivity contribution in [3.8, 4) is 0 Å². The van der Waals surface area contributed by atoms with E-state index in [0.29, 0.717) is 0 Å². The SMILES string of the molecule is CC(C)(C)Cc1ccccc1P([N]P(c1ccccc1CC(C)(C)C)c1ccccc1CC(C)(C)C)c1ccccc1CC(C)(C)C. The number of hydrogen-bond donors (Lipinski definition) is 0. The van der Waals surface area contributed by atoms with Crippen molar-refractivity contribution in [1.82, 2.24) is 4.86 Å². The van der Waals surface area contributed by atoms with Gasteiger partial charge in [0.1, 0.15) is 0 Å². The molecule has 0 saturated heterocycles. The smallest absolute Gasteiger partial charge is 0.0502 e. The van der Waals surface area contributed by atoms with Gasteiger partial charge in [-0.3, -0.25) is 0 Å². The molecule has 3 heteroatoms. The van der Waals surface area contributed by atoms with Crippen LogP contribution in [-0.2, 0) is 25.7 Å². The summed E-state index contributed by atoms with van der Waals surface area (Å²) in [5.74, 6) is 0. The summed E-state index contributed by atoms with van der Waals surface area (Å²) in [6.07, 6.45) is 4.10. The fourth-order valence-electron chi connectivity index (χ4n) is 6.29. The second kappa shape index (κ2) is 15.1. The Bertz CT molecular complexity index is 1370. The van der Waals surface area contributed by atoms with E-state index in [4.69, 9.17) is 4.86 Å². The Morgan fingerprint density at radius 2 is 0.532 bits per heavy atom. The molecule has 0 fully saturated rings. The van der Waals surface area contributed by atoms with Crippen LogP contribution in [0.25, 0.3) is 0 Å². The monoisotopic (exact) mass is 664 g/mol. The first-order chi connectivity index (χ1) is 21.8. The van der Waals surface area contributed by atoms with Gasteiger partial charge < -0.3 is 0 Å². The molecule has 0 bridgehead atoms. The zero-order valence-electron chi connectivity index (χ0n) is 31.4. The molecule has 251 valence electrons. The lowest BCUT2D eigenvalue weighted by Crippen LogP contribution is -2.31. The third kappa shape index (κ3) is 11.4. The van der Waals surface area contributed by atoms with Gasteiger partial charge in [0.05, 0.1) is 16.1 Å². The lowest BCUT2D eigenvalue weighted by Gasteiger charge is -2.33. The van der Waals surface area contributed by atoms with Gasteiger partial charge in [-0.1, -0.05) is 180 Å². The van der Waals surface area contributed by atoms with Gasteiger partial charge in [-0.2, -0.15) is 4.86 Å². The van der Waals surface area contributed by atoms with E-state index < -0.39 is 16.1 Å². The Labute approximate surface area is 291 Å². The summed E-state index contributed by atoms with van der Waals surface area (Å²) in [6.45, 7) is 28.3. The van der Waals surface area contributed by atoms with E-state index in [0.717, 1.165) is 25.7 Å². The van der Waals surface area contributed by atoms with Crippen LogP contribution in [0.4, 0.5) is 0 Å². The van der Waals surface area contributed by atoms with Crippen LogP contribution in [0.15, 0.2) is 97.1 Å². The fourth-order valence-corrected chi connectivity index (χ4v) is 11.7. The molecule has 0 atom stereocenters. The molecule has 0 unspecified atom stereocenters. The van der Waals surface area contributed by atoms with Crippen LogP contribution in [0.3, 0.4) is 0 Å². The fraction of sp³-hybridized carbons (Fsp3) is 0.455. The van der Waals surface area contributed by atoms with Crippen LogP contribution >= 0.6 is 16.1 Å². The van der Waals surface area contributed by atoms with Crippen LogP contribution in [-0.4, -0.2) is 0 Å². The third-order valence-electron chi connectivity index (χ3n) is 7.94. The van der Waals surface area contributed by atoms with E-state index in [2.05, 4.69) is 180 Å². The summed E-state index contributed by atoms with van der Waals surface area (Å²) < 4.78 is 0. The van der Waals surface area contributed by atoms with Gasteiger partial charge in [0.2, 0.25) is 0 Å². The maximum Gasteiger partial charge on any atom is 0.0502 e.